The molecule has 0 aliphatic rings. The summed E-state index contributed by atoms with van der Waals surface area (Å²) in [4.78, 5) is 50.5. The molecule has 0 spiro atoms. The second-order valence-corrected chi connectivity index (χ2v) is 9.22. The number of nitrogens with two attached hydrogens (primary N) is 1. The van der Waals surface area contributed by atoms with E-state index in [2.05, 4.69) is 28.6 Å². The molecule has 0 saturated heterocycles. The van der Waals surface area contributed by atoms with Gasteiger partial charge in [-0.15, -0.1) is 0 Å². The number of carboxylic acids is 1. The Bertz CT molecular complexity index is 1020. The van der Waals surface area contributed by atoms with Crippen molar-refractivity contribution in [3.8, 4) is 0 Å². The van der Waals surface area contributed by atoms with Crippen molar-refractivity contribution in [3.63, 3.8) is 0 Å². The van der Waals surface area contributed by atoms with Crippen LogP contribution >= 0.6 is 12.6 Å². The first-order chi connectivity index (χ1) is 17.1. The molecule has 0 fully saturated rings. The Balaban J connectivity index is 2.17. The molecule has 0 aliphatic heterocycles. The van der Waals surface area contributed by atoms with Gasteiger partial charge < -0.3 is 26.8 Å². The van der Waals surface area contributed by atoms with Gasteiger partial charge in [0.25, 0.3) is 0 Å². The first-order valence-electron chi connectivity index (χ1n) is 11.7. The second-order valence-electron chi connectivity index (χ2n) is 8.86. The van der Waals surface area contributed by atoms with E-state index in [1.807, 2.05) is 36.4 Å². The van der Waals surface area contributed by atoms with Gasteiger partial charge in [0, 0.05) is 18.6 Å². The Morgan fingerprint density at radius 2 is 1.25 bits per heavy atom. The maximum Gasteiger partial charge on any atom is 0.326 e. The molecule has 0 heterocycles. The number of amides is 3. The van der Waals surface area contributed by atoms with E-state index in [4.69, 9.17) is 5.73 Å². The fourth-order valence-electron chi connectivity index (χ4n) is 3.52. The molecule has 9 nitrogen and oxygen atoms in total. The molecule has 2 aromatic carbocycles. The van der Waals surface area contributed by atoms with Crippen LogP contribution < -0.4 is 21.7 Å². The molecule has 2 rings (SSSR count). The maximum absolute atomic E-state index is 13.2. The topological polar surface area (TPSA) is 151 Å². The number of carboxylic acid groups (broad SMARTS) is 1. The van der Waals surface area contributed by atoms with E-state index in [0.29, 0.717) is 0 Å². The summed E-state index contributed by atoms with van der Waals surface area (Å²) in [6.45, 7) is 3.47. The Hall–Kier alpha value is -3.37. The molecule has 194 valence electrons. The Labute approximate surface area is 216 Å². The molecule has 0 aromatic heterocycles. The minimum Gasteiger partial charge on any atom is -0.480 e. The number of carbonyl (C=O) groups excluding carboxylic acids is 3. The first-order valence-corrected chi connectivity index (χ1v) is 12.3. The monoisotopic (exact) mass is 514 g/mol. The van der Waals surface area contributed by atoms with Gasteiger partial charge in [-0.3, -0.25) is 14.4 Å². The SMILES string of the molecule is CC(C)C(NC(=O)C(Cc1ccccc1)NC(=O)C(N)CS)C(=O)NC(Cc1ccccc1)C(=O)O. The van der Waals surface area contributed by atoms with E-state index in [-0.39, 0.29) is 24.5 Å². The third-order valence-electron chi connectivity index (χ3n) is 5.59. The number of thiol groups is 1. The molecule has 10 heteroatoms. The van der Waals surface area contributed by atoms with E-state index in [9.17, 15) is 24.3 Å². The predicted octanol–water partition coefficient (Wildman–Crippen LogP) is 0.924. The summed E-state index contributed by atoms with van der Waals surface area (Å²) in [6, 6.07) is 13.9. The van der Waals surface area contributed by atoms with Crippen molar-refractivity contribution in [2.24, 2.45) is 11.7 Å². The molecule has 0 saturated carbocycles. The highest BCUT2D eigenvalue weighted by atomic mass is 32.1. The van der Waals surface area contributed by atoms with Crippen molar-refractivity contribution in [2.45, 2.75) is 50.9 Å². The van der Waals surface area contributed by atoms with Crippen LogP contribution in [0.4, 0.5) is 0 Å². The summed E-state index contributed by atoms with van der Waals surface area (Å²) in [5.41, 5.74) is 7.32. The minimum absolute atomic E-state index is 0.0922. The zero-order valence-electron chi connectivity index (χ0n) is 20.4. The van der Waals surface area contributed by atoms with Gasteiger partial charge in [-0.1, -0.05) is 74.5 Å². The molecule has 0 aliphatic carbocycles. The van der Waals surface area contributed by atoms with Crippen LogP contribution in [0.3, 0.4) is 0 Å². The van der Waals surface area contributed by atoms with Crippen molar-refractivity contribution in [3.05, 3.63) is 71.8 Å². The molecule has 0 radical (unpaired) electrons. The minimum atomic E-state index is -1.18. The highest BCUT2D eigenvalue weighted by Crippen LogP contribution is 2.09. The molecule has 2 aromatic rings. The molecule has 0 bridgehead atoms. The Morgan fingerprint density at radius 1 is 0.778 bits per heavy atom. The van der Waals surface area contributed by atoms with E-state index < -0.39 is 47.9 Å². The van der Waals surface area contributed by atoms with E-state index in [1.165, 1.54) is 0 Å². The van der Waals surface area contributed by atoms with Gasteiger partial charge in [0.05, 0.1) is 6.04 Å². The lowest BCUT2D eigenvalue weighted by Gasteiger charge is -2.27. The largest absolute Gasteiger partial charge is 0.480 e. The van der Waals surface area contributed by atoms with Crippen LogP contribution in [-0.4, -0.2) is 58.7 Å². The Morgan fingerprint density at radius 3 is 1.69 bits per heavy atom. The van der Waals surface area contributed by atoms with Crippen LogP contribution in [-0.2, 0) is 32.0 Å². The molecule has 36 heavy (non-hydrogen) atoms. The quantitative estimate of drug-likeness (QED) is 0.219. The lowest BCUT2D eigenvalue weighted by Crippen LogP contribution is -2.59. The van der Waals surface area contributed by atoms with Crippen molar-refractivity contribution < 1.29 is 24.3 Å². The average molecular weight is 515 g/mol. The summed E-state index contributed by atoms with van der Waals surface area (Å²) < 4.78 is 0. The normalized spacial score (nSPS) is 14.2. The summed E-state index contributed by atoms with van der Waals surface area (Å²) in [5, 5.41) is 17.5. The first kappa shape index (κ1) is 28.9. The van der Waals surface area contributed by atoms with Crippen molar-refractivity contribution in [1.29, 1.82) is 0 Å². The van der Waals surface area contributed by atoms with E-state index in [1.54, 1.807) is 38.1 Å². The molecule has 3 amide bonds. The average Bonchev–Trinajstić information content (AvgIpc) is 2.86. The van der Waals surface area contributed by atoms with E-state index in [0.717, 1.165) is 11.1 Å². The number of hydrogen-bond donors (Lipinski definition) is 6. The Kier molecular flexibility index (Phi) is 11.4. The van der Waals surface area contributed by atoms with E-state index >= 15 is 0 Å². The molecule has 4 unspecified atom stereocenters. The van der Waals surface area contributed by atoms with Crippen LogP contribution in [0.25, 0.3) is 0 Å². The predicted molar refractivity (Wildman–Crippen MR) is 140 cm³/mol. The van der Waals surface area contributed by atoms with Gasteiger partial charge in [-0.2, -0.15) is 12.6 Å². The number of benzene rings is 2. The van der Waals surface area contributed by atoms with Crippen molar-refractivity contribution in [1.82, 2.24) is 16.0 Å². The summed E-state index contributed by atoms with van der Waals surface area (Å²) in [5.74, 6) is -3.19. The fraction of sp³-hybridized carbons (Fsp3) is 0.385. The highest BCUT2D eigenvalue weighted by Gasteiger charge is 2.32. The number of aliphatic carboxylic acids is 1. The number of carbonyl (C=O) groups is 4. The van der Waals surface area contributed by atoms with Crippen LogP contribution in [0.1, 0.15) is 25.0 Å². The van der Waals surface area contributed by atoms with Gasteiger partial charge in [-0.25, -0.2) is 4.79 Å². The summed E-state index contributed by atoms with van der Waals surface area (Å²) in [7, 11) is 0. The van der Waals surface area contributed by atoms with Crippen LogP contribution in [0.2, 0.25) is 0 Å². The fourth-order valence-corrected chi connectivity index (χ4v) is 3.69. The second kappa shape index (κ2) is 14.3. The third-order valence-corrected chi connectivity index (χ3v) is 5.99. The van der Waals surface area contributed by atoms with Crippen molar-refractivity contribution >= 4 is 36.3 Å². The molecule has 6 N–H and O–H groups in total. The number of rotatable bonds is 13. The van der Waals surface area contributed by atoms with Gasteiger partial charge >= 0.3 is 5.97 Å². The number of nitrogens with one attached hydrogen (secondary N) is 3. The molecule has 4 atom stereocenters. The lowest BCUT2D eigenvalue weighted by atomic mass is 9.99. The molecular weight excluding hydrogens is 480 g/mol. The number of hydrogen-bond acceptors (Lipinski definition) is 6. The van der Waals surface area contributed by atoms with Gasteiger partial charge in [0.15, 0.2) is 0 Å². The zero-order chi connectivity index (χ0) is 26.7. The van der Waals surface area contributed by atoms with Crippen molar-refractivity contribution in [2.75, 3.05) is 5.75 Å². The van der Waals surface area contributed by atoms with Crippen LogP contribution in [0.15, 0.2) is 60.7 Å². The highest BCUT2D eigenvalue weighted by molar-refractivity contribution is 7.80. The summed E-state index contributed by atoms with van der Waals surface area (Å²) in [6.07, 6.45) is 0.269. The van der Waals surface area contributed by atoms with Gasteiger partial charge in [0.1, 0.15) is 18.1 Å². The van der Waals surface area contributed by atoms with Gasteiger partial charge in [0.2, 0.25) is 17.7 Å². The zero-order valence-corrected chi connectivity index (χ0v) is 21.3. The standard InChI is InChI=1S/C26H34N4O5S/c1-16(2)22(25(33)29-21(26(34)35)14-18-11-7-4-8-12-18)30-24(32)20(28-23(31)19(27)15-36)13-17-9-5-3-6-10-17/h3-12,16,19-22,36H,13-15,27H2,1-2H3,(H,28,31)(H,29,33)(H,30,32)(H,34,35). The maximum atomic E-state index is 13.2. The van der Waals surface area contributed by atoms with Crippen LogP contribution in [0.5, 0.6) is 0 Å². The summed E-state index contributed by atoms with van der Waals surface area (Å²) >= 11 is 4.03. The van der Waals surface area contributed by atoms with Crippen LogP contribution in [0, 0.1) is 5.92 Å². The molecular formula is C26H34N4O5S. The lowest BCUT2D eigenvalue weighted by molar-refractivity contribution is -0.142. The smallest absolute Gasteiger partial charge is 0.326 e. The third kappa shape index (κ3) is 9.01. The van der Waals surface area contributed by atoms with Gasteiger partial charge in [-0.05, 0) is 17.0 Å².